The molecule has 8 aromatic rings. The molecule has 0 aliphatic rings. The van der Waals surface area contributed by atoms with E-state index in [2.05, 4.69) is 30.4 Å². The Morgan fingerprint density at radius 3 is 1.04 bits per heavy atom. The van der Waals surface area contributed by atoms with Crippen molar-refractivity contribution in [3.05, 3.63) is 182 Å². The van der Waals surface area contributed by atoms with Crippen molar-refractivity contribution in [2.24, 2.45) is 0 Å². The Balaban J connectivity index is 0.000000132. The van der Waals surface area contributed by atoms with E-state index in [0.29, 0.717) is 22.5 Å². The summed E-state index contributed by atoms with van der Waals surface area (Å²) >= 11 is 0. The van der Waals surface area contributed by atoms with Crippen molar-refractivity contribution in [3.8, 4) is 22.5 Å². The zero-order valence-electron chi connectivity index (χ0n) is 25.6. The van der Waals surface area contributed by atoms with Crippen LogP contribution in [0.2, 0.25) is 0 Å². The summed E-state index contributed by atoms with van der Waals surface area (Å²) in [5.74, 6) is -2.35. The molecule has 0 spiro atoms. The summed E-state index contributed by atoms with van der Waals surface area (Å²) in [6, 6.07) is 24.7. The number of rotatable bonds is 6. The van der Waals surface area contributed by atoms with E-state index in [-0.39, 0.29) is 0 Å². The molecule has 0 fully saturated rings. The lowest BCUT2D eigenvalue weighted by Crippen LogP contribution is -2.65. The zero-order chi connectivity index (χ0) is 34.1. The molecule has 0 amide bonds. The van der Waals surface area contributed by atoms with Crippen LogP contribution in [0.25, 0.3) is 22.5 Å². The lowest BCUT2D eigenvalue weighted by Gasteiger charge is -2.41. The first-order chi connectivity index (χ1) is 24.0. The number of halogens is 4. The van der Waals surface area contributed by atoms with Crippen molar-refractivity contribution in [3.63, 3.8) is 0 Å². The Kier molecular flexibility index (Phi) is 9.79. The summed E-state index contributed by atoms with van der Waals surface area (Å²) in [6.45, 7) is -1.83. The SMILES string of the molecule is Fc1ccc(-c2ccccn2)c(F)c1.Fc1ccc(-c2ccccn2)c(F)c1.c1cnn([B-](n2cccn2)(n2cccn2)n2cccn2)c1. The number of benzene rings is 2. The van der Waals surface area contributed by atoms with Gasteiger partial charge in [-0.15, -0.1) is 0 Å². The maximum absolute atomic E-state index is 13.3. The first kappa shape index (κ1) is 32.3. The van der Waals surface area contributed by atoms with E-state index in [1.807, 2.05) is 67.4 Å². The van der Waals surface area contributed by atoms with Crippen LogP contribution in [0.15, 0.2) is 159 Å². The molecule has 0 aliphatic heterocycles. The van der Waals surface area contributed by atoms with Gasteiger partial charge in [-0.05, 0) is 97.6 Å². The van der Waals surface area contributed by atoms with Crippen molar-refractivity contribution in [2.45, 2.75) is 0 Å². The van der Waals surface area contributed by atoms with Crippen LogP contribution in [0, 0.1) is 23.3 Å². The Morgan fingerprint density at radius 2 is 0.776 bits per heavy atom. The van der Waals surface area contributed by atoms with Gasteiger partial charge in [0.15, 0.2) is 0 Å². The minimum absolute atomic E-state index is 0.312. The highest BCUT2D eigenvalue weighted by molar-refractivity contribution is 6.72. The van der Waals surface area contributed by atoms with Crippen LogP contribution >= 0.6 is 0 Å². The molecular weight excluding hydrogens is 635 g/mol. The quantitative estimate of drug-likeness (QED) is 0.150. The summed E-state index contributed by atoms with van der Waals surface area (Å²) in [5, 5.41) is 17.7. The monoisotopic (exact) mass is 661 g/mol. The third-order valence-electron chi connectivity index (χ3n) is 7.26. The average Bonchev–Trinajstić information content (AvgIpc) is 3.97. The highest BCUT2D eigenvalue weighted by Crippen LogP contribution is 2.22. The Bertz CT molecular complexity index is 1930. The molecule has 49 heavy (non-hydrogen) atoms. The van der Waals surface area contributed by atoms with Gasteiger partial charge in [0.25, 0.3) is 0 Å². The molecule has 0 bridgehead atoms. The molecule has 0 radical (unpaired) electrons. The Hall–Kier alpha value is -6.64. The second kappa shape index (κ2) is 14.9. The van der Waals surface area contributed by atoms with Gasteiger partial charge in [-0.1, -0.05) is 12.1 Å². The summed E-state index contributed by atoms with van der Waals surface area (Å²) in [7, 11) is 0. The second-order valence-corrected chi connectivity index (χ2v) is 10.3. The molecule has 244 valence electrons. The van der Waals surface area contributed by atoms with Gasteiger partial charge in [0.05, 0.1) is 11.4 Å². The zero-order valence-corrected chi connectivity index (χ0v) is 25.6. The normalized spacial score (nSPS) is 10.9. The molecule has 6 aromatic heterocycles. The average molecular weight is 661 g/mol. The number of hydrogen-bond acceptors (Lipinski definition) is 6. The van der Waals surface area contributed by atoms with Crippen LogP contribution in [0.5, 0.6) is 0 Å². The highest BCUT2D eigenvalue weighted by Gasteiger charge is 2.38. The second-order valence-electron chi connectivity index (χ2n) is 10.3. The molecule has 0 saturated carbocycles. The maximum Gasteiger partial charge on any atom is 0.466 e. The molecule has 0 aliphatic carbocycles. The summed E-state index contributed by atoms with van der Waals surface area (Å²) in [4.78, 5) is 7.95. The maximum atomic E-state index is 13.3. The summed E-state index contributed by atoms with van der Waals surface area (Å²) < 4.78 is 59.0. The predicted molar refractivity (Wildman–Crippen MR) is 175 cm³/mol. The fraction of sp³-hybridized carbons (Fsp3) is 0. The largest absolute Gasteiger partial charge is 0.466 e. The highest BCUT2D eigenvalue weighted by atomic mass is 19.1. The molecule has 0 N–H and O–H groups in total. The summed E-state index contributed by atoms with van der Waals surface area (Å²) in [6.07, 6.45) is 17.6. The van der Waals surface area contributed by atoms with Crippen LogP contribution in [0.3, 0.4) is 0 Å². The lowest BCUT2D eigenvalue weighted by molar-refractivity contribution is 0.584. The van der Waals surface area contributed by atoms with Gasteiger partial charge in [0.1, 0.15) is 23.3 Å². The molecule has 6 heterocycles. The van der Waals surface area contributed by atoms with E-state index in [1.54, 1.807) is 73.6 Å². The van der Waals surface area contributed by atoms with Gasteiger partial charge in [-0.3, -0.25) is 9.97 Å². The topological polar surface area (TPSA) is 97.1 Å². The van der Waals surface area contributed by atoms with Gasteiger partial charge in [-0.2, -0.15) is 0 Å². The van der Waals surface area contributed by atoms with E-state index < -0.39 is 30.0 Å². The molecule has 0 atom stereocenters. The molecule has 2 aromatic carbocycles. The number of pyridine rings is 2. The fourth-order valence-electron chi connectivity index (χ4n) is 5.11. The predicted octanol–water partition coefficient (Wildman–Crippen LogP) is 6.45. The van der Waals surface area contributed by atoms with E-state index in [4.69, 9.17) is 0 Å². The minimum atomic E-state index is -1.83. The van der Waals surface area contributed by atoms with E-state index in [1.165, 1.54) is 24.3 Å². The molecule has 10 nitrogen and oxygen atoms in total. The standard InChI is InChI=1S/C12H12BN8.2C11H7F2N/c1-5-14-18(9-1)13(19-10-2-6-15-19,20-11-3-7-16-20)21-12-4-8-17-21;2*12-8-4-5-9(10(13)7-8)11-3-1-2-6-14-11/h1-12H;2*1-7H/q-1;;. The van der Waals surface area contributed by atoms with Crippen molar-refractivity contribution in [1.29, 1.82) is 0 Å². The van der Waals surface area contributed by atoms with Gasteiger partial charge in [0.2, 0.25) is 0 Å². The Labute approximate surface area is 277 Å². The third kappa shape index (κ3) is 7.05. The van der Waals surface area contributed by atoms with Crippen LogP contribution in [-0.2, 0) is 0 Å². The van der Waals surface area contributed by atoms with Gasteiger partial charge in [-0.25, -0.2) is 38.0 Å². The number of aromatic nitrogens is 10. The fourth-order valence-corrected chi connectivity index (χ4v) is 5.11. The van der Waals surface area contributed by atoms with Gasteiger partial charge < -0.3 is 18.4 Å². The minimum Gasteiger partial charge on any atom is -0.379 e. The van der Waals surface area contributed by atoms with Crippen LogP contribution in [0.4, 0.5) is 17.6 Å². The molecule has 8 rings (SSSR count). The van der Waals surface area contributed by atoms with Crippen LogP contribution in [-0.4, -0.2) is 55.4 Å². The van der Waals surface area contributed by atoms with Crippen LogP contribution in [0.1, 0.15) is 0 Å². The van der Waals surface area contributed by atoms with E-state index >= 15 is 0 Å². The molecule has 15 heteroatoms. The van der Waals surface area contributed by atoms with E-state index in [9.17, 15) is 17.6 Å². The third-order valence-corrected chi connectivity index (χ3v) is 7.26. The molecule has 0 unspecified atom stereocenters. The van der Waals surface area contributed by atoms with Gasteiger partial charge >= 0.3 is 6.69 Å². The smallest absolute Gasteiger partial charge is 0.379 e. The van der Waals surface area contributed by atoms with Crippen LogP contribution < -0.4 is 0 Å². The first-order valence-electron chi connectivity index (χ1n) is 14.8. The summed E-state index contributed by atoms with van der Waals surface area (Å²) in [5.41, 5.74) is 1.63. The van der Waals surface area contributed by atoms with Crippen molar-refractivity contribution >= 4 is 6.69 Å². The van der Waals surface area contributed by atoms with Crippen molar-refractivity contribution in [2.75, 3.05) is 0 Å². The number of nitrogens with zero attached hydrogens (tertiary/aromatic N) is 10. The van der Waals surface area contributed by atoms with Crippen molar-refractivity contribution in [1.82, 2.24) is 48.7 Å². The van der Waals surface area contributed by atoms with Crippen molar-refractivity contribution < 1.29 is 17.6 Å². The molecular formula is C34H26BF4N10-. The Morgan fingerprint density at radius 1 is 0.408 bits per heavy atom. The molecule has 0 saturated heterocycles. The number of hydrogen-bond donors (Lipinski definition) is 0. The van der Waals surface area contributed by atoms with E-state index in [0.717, 1.165) is 12.1 Å². The lowest BCUT2D eigenvalue weighted by atomic mass is 9.75. The van der Waals surface area contributed by atoms with Gasteiger partial charge in [0, 0.05) is 60.4 Å². The first-order valence-corrected chi connectivity index (χ1v) is 14.8.